The van der Waals surface area contributed by atoms with Crippen molar-refractivity contribution < 1.29 is 48.3 Å². The molecule has 2 aromatic rings. The quantitative estimate of drug-likeness (QED) is 0.318. The van der Waals surface area contributed by atoms with E-state index in [-0.39, 0.29) is 18.9 Å². The van der Waals surface area contributed by atoms with Crippen LogP contribution in [0.2, 0.25) is 0 Å². The third-order valence-corrected chi connectivity index (χ3v) is 13.2. The zero-order valence-electron chi connectivity index (χ0n) is 30.1. The number of hydrogen-bond donors (Lipinski definition) is 2. The monoisotopic (exact) mass is 701 g/mol. The lowest BCUT2D eigenvalue weighted by molar-refractivity contribution is -0.330. The minimum atomic E-state index is -1.66. The van der Waals surface area contributed by atoms with Gasteiger partial charge in [-0.2, -0.15) is 0 Å². The van der Waals surface area contributed by atoms with Crippen molar-refractivity contribution in [2.24, 2.45) is 33.6 Å². The highest BCUT2D eigenvalue weighted by Gasteiger charge is 2.75. The topological polar surface area (TPSA) is 150 Å². The molecule has 5 aliphatic rings. The molecule has 0 amide bonds. The van der Waals surface area contributed by atoms with E-state index in [4.69, 9.17) is 28.7 Å². The standard InChI is InChI=1S/C40H47NO10/c1-21-18-27-39(20-48-27,51-36(45)47-7)32-23(3)40(46)19-26(22(2)28(37(40,4)5)30(42)33(43)38(21,32)6)49-35(44)31-29(24-14-10-8-11-15-24)41-34(50-31)25-16-12-9-13-17-25/h8-17,21,23,26-27,29-32,42,46H,18-20H2,1-7H3. The van der Waals surface area contributed by atoms with Crippen molar-refractivity contribution in [2.75, 3.05) is 13.7 Å². The maximum atomic E-state index is 14.8. The predicted octanol–water partition coefficient (Wildman–Crippen LogP) is 5.13. The summed E-state index contributed by atoms with van der Waals surface area (Å²) in [5.41, 5.74) is -3.04. The summed E-state index contributed by atoms with van der Waals surface area (Å²) in [6.07, 6.45) is -4.87. The van der Waals surface area contributed by atoms with Gasteiger partial charge in [0.1, 0.15) is 24.4 Å². The van der Waals surface area contributed by atoms with Gasteiger partial charge < -0.3 is 33.9 Å². The van der Waals surface area contributed by atoms with E-state index in [1.165, 1.54) is 7.11 Å². The van der Waals surface area contributed by atoms with Gasteiger partial charge >= 0.3 is 12.1 Å². The molecule has 51 heavy (non-hydrogen) atoms. The highest BCUT2D eigenvalue weighted by Crippen LogP contribution is 2.66. The minimum Gasteiger partial charge on any atom is -0.459 e. The highest BCUT2D eigenvalue weighted by molar-refractivity contribution is 5.98. The third-order valence-electron chi connectivity index (χ3n) is 13.2. The molecule has 2 bridgehead atoms. The van der Waals surface area contributed by atoms with Gasteiger partial charge in [0, 0.05) is 28.7 Å². The Morgan fingerprint density at radius 1 is 1.00 bits per heavy atom. The molecule has 272 valence electrons. The van der Waals surface area contributed by atoms with E-state index in [2.05, 4.69) is 0 Å². The maximum absolute atomic E-state index is 14.8. The average molecular weight is 702 g/mol. The second-order valence-electron chi connectivity index (χ2n) is 15.7. The summed E-state index contributed by atoms with van der Waals surface area (Å²) in [6.45, 7) is 11.0. The largest absolute Gasteiger partial charge is 0.508 e. The molecule has 2 aliphatic heterocycles. The van der Waals surface area contributed by atoms with Crippen molar-refractivity contribution in [3.05, 3.63) is 82.9 Å². The summed E-state index contributed by atoms with van der Waals surface area (Å²) in [4.78, 5) is 46.6. The Morgan fingerprint density at radius 2 is 1.65 bits per heavy atom. The Kier molecular flexibility index (Phi) is 8.51. The first kappa shape index (κ1) is 35.3. The van der Waals surface area contributed by atoms with Crippen molar-refractivity contribution in [1.82, 2.24) is 0 Å². The fourth-order valence-electron chi connectivity index (χ4n) is 10.1. The van der Waals surface area contributed by atoms with E-state index in [0.29, 0.717) is 29.0 Å². The number of benzene rings is 2. The van der Waals surface area contributed by atoms with E-state index in [9.17, 15) is 24.6 Å². The van der Waals surface area contributed by atoms with Crippen LogP contribution in [-0.4, -0.2) is 83.4 Å². The number of ether oxygens (including phenoxy) is 5. The predicted molar refractivity (Wildman–Crippen MR) is 184 cm³/mol. The molecule has 11 unspecified atom stereocenters. The molecule has 7 rings (SSSR count). The van der Waals surface area contributed by atoms with Crippen LogP contribution in [-0.2, 0) is 33.3 Å². The lowest BCUT2D eigenvalue weighted by atomic mass is 9.41. The van der Waals surface area contributed by atoms with Gasteiger partial charge in [-0.05, 0) is 54.0 Å². The summed E-state index contributed by atoms with van der Waals surface area (Å²) >= 11 is 0. The van der Waals surface area contributed by atoms with Crippen LogP contribution in [0.1, 0.15) is 71.6 Å². The summed E-state index contributed by atoms with van der Waals surface area (Å²) < 4.78 is 29.4. The van der Waals surface area contributed by atoms with Gasteiger partial charge in [0.15, 0.2) is 11.4 Å². The number of rotatable bonds is 5. The summed E-state index contributed by atoms with van der Waals surface area (Å²) in [7, 11) is 1.22. The molecule has 2 heterocycles. The van der Waals surface area contributed by atoms with Gasteiger partial charge in [0.25, 0.3) is 0 Å². The second-order valence-corrected chi connectivity index (χ2v) is 15.7. The molecule has 11 atom stereocenters. The molecule has 11 nitrogen and oxygen atoms in total. The maximum Gasteiger partial charge on any atom is 0.508 e. The number of nitrogens with zero attached hydrogens (tertiary/aromatic N) is 1. The van der Waals surface area contributed by atoms with Crippen molar-refractivity contribution in [3.8, 4) is 0 Å². The number of fused-ring (bicyclic) bond motifs is 5. The van der Waals surface area contributed by atoms with Gasteiger partial charge in [-0.1, -0.05) is 83.1 Å². The Balaban J connectivity index is 1.29. The molecule has 2 saturated carbocycles. The molecular weight excluding hydrogens is 654 g/mol. The molecule has 3 aliphatic carbocycles. The number of aliphatic imine (C=N–C) groups is 1. The van der Waals surface area contributed by atoms with Crippen LogP contribution in [0.4, 0.5) is 4.79 Å². The van der Waals surface area contributed by atoms with Crippen LogP contribution in [0.3, 0.4) is 0 Å². The highest BCUT2D eigenvalue weighted by atomic mass is 16.7. The van der Waals surface area contributed by atoms with Crippen LogP contribution in [0, 0.1) is 28.6 Å². The number of carbonyl (C=O) groups excluding carboxylic acids is 3. The summed E-state index contributed by atoms with van der Waals surface area (Å²) in [6, 6.07) is 18.0. The van der Waals surface area contributed by atoms with Gasteiger partial charge in [-0.3, -0.25) is 4.79 Å². The second kappa shape index (κ2) is 12.3. The molecule has 0 radical (unpaired) electrons. The summed E-state index contributed by atoms with van der Waals surface area (Å²) in [5, 5.41) is 25.3. The van der Waals surface area contributed by atoms with Gasteiger partial charge in [0.2, 0.25) is 12.0 Å². The number of esters is 1. The zero-order chi connectivity index (χ0) is 36.7. The van der Waals surface area contributed by atoms with Gasteiger partial charge in [-0.15, -0.1) is 0 Å². The summed E-state index contributed by atoms with van der Waals surface area (Å²) in [5.74, 6) is -2.61. The van der Waals surface area contributed by atoms with E-state index >= 15 is 0 Å². The first-order valence-electron chi connectivity index (χ1n) is 17.7. The SMILES string of the molecule is COC(=O)OC12COC1CC(C)C1(C)C(=O)C(O)C3=C(C)C(OC(=O)C4OC(c5ccccc5)=NC4c4ccccc4)CC(O)(C(C)C21)C3(C)C. The smallest absolute Gasteiger partial charge is 0.459 e. The van der Waals surface area contributed by atoms with Crippen molar-refractivity contribution in [3.63, 3.8) is 0 Å². The lowest BCUT2D eigenvalue weighted by Crippen LogP contribution is -2.78. The van der Waals surface area contributed by atoms with E-state index in [1.54, 1.807) is 27.7 Å². The molecule has 2 aromatic carbocycles. The van der Waals surface area contributed by atoms with Crippen molar-refractivity contribution in [1.29, 1.82) is 0 Å². The molecule has 11 heteroatoms. The Bertz CT molecular complexity index is 1790. The van der Waals surface area contributed by atoms with Gasteiger partial charge in [-0.25, -0.2) is 14.6 Å². The number of aliphatic hydroxyl groups is 2. The number of Topliss-reactive ketones (excluding diaryl/α,β-unsaturated/α-hetero) is 1. The number of methoxy groups -OCH3 is 1. The number of hydrogen-bond acceptors (Lipinski definition) is 11. The van der Waals surface area contributed by atoms with Crippen molar-refractivity contribution >= 4 is 23.8 Å². The van der Waals surface area contributed by atoms with Crippen molar-refractivity contribution in [2.45, 2.75) is 96.0 Å². The van der Waals surface area contributed by atoms with Gasteiger partial charge in [0.05, 0.1) is 19.3 Å². The zero-order valence-corrected chi connectivity index (χ0v) is 30.1. The fourth-order valence-corrected chi connectivity index (χ4v) is 10.1. The first-order valence-corrected chi connectivity index (χ1v) is 17.7. The van der Waals surface area contributed by atoms with Crippen LogP contribution in [0.15, 0.2) is 76.8 Å². The first-order chi connectivity index (χ1) is 24.1. The molecule has 3 fully saturated rings. The van der Waals surface area contributed by atoms with Crippen LogP contribution >= 0.6 is 0 Å². The number of carbonyl (C=O) groups is 3. The van der Waals surface area contributed by atoms with Crippen LogP contribution < -0.4 is 0 Å². The van der Waals surface area contributed by atoms with E-state index in [0.717, 1.165) is 5.56 Å². The third kappa shape index (κ3) is 5.02. The number of ketones is 1. The minimum absolute atomic E-state index is 0.00769. The Labute approximate surface area is 298 Å². The fraction of sp³-hybridized carbons (Fsp3) is 0.550. The van der Waals surface area contributed by atoms with Crippen LogP contribution in [0.5, 0.6) is 0 Å². The molecule has 0 aromatic heterocycles. The lowest BCUT2D eigenvalue weighted by Gasteiger charge is -2.68. The Morgan fingerprint density at radius 3 is 2.25 bits per heavy atom. The number of aliphatic hydroxyl groups excluding tert-OH is 1. The molecule has 1 saturated heterocycles. The van der Waals surface area contributed by atoms with E-state index < -0.39 is 82.2 Å². The average Bonchev–Trinajstić information content (AvgIpc) is 3.57. The molecule has 0 spiro atoms. The van der Waals surface area contributed by atoms with E-state index in [1.807, 2.05) is 74.5 Å². The normalized spacial score (nSPS) is 39.5. The Hall–Kier alpha value is -4.06. The van der Waals surface area contributed by atoms with Crippen LogP contribution in [0.25, 0.3) is 0 Å². The molecular formula is C40H47NO10. The molecule has 2 N–H and O–H groups in total.